The molecule has 0 radical (unpaired) electrons. The summed E-state index contributed by atoms with van der Waals surface area (Å²) in [6.45, 7) is 4.20. The van der Waals surface area contributed by atoms with E-state index in [4.69, 9.17) is 0 Å². The van der Waals surface area contributed by atoms with Gasteiger partial charge in [0.15, 0.2) is 0 Å². The normalized spacial score (nSPS) is 25.3. The maximum absolute atomic E-state index is 9.88. The van der Waals surface area contributed by atoms with E-state index in [2.05, 4.69) is 43.1 Å². The fourth-order valence-corrected chi connectivity index (χ4v) is 4.37. The van der Waals surface area contributed by atoms with Crippen molar-refractivity contribution in [2.75, 3.05) is 0 Å². The Morgan fingerprint density at radius 3 is 2.62 bits per heavy atom. The standard InChI is InChI=1S/C13H17NOSe/c1-3-10-8-16-13(14-12(10)15)11-6-4-9(2)5-7-11/h4-7,10,12,15H,3,8H2,1-2H3. The van der Waals surface area contributed by atoms with Gasteiger partial charge in [0.05, 0.1) is 0 Å². The zero-order valence-corrected chi connectivity index (χ0v) is 11.4. The van der Waals surface area contributed by atoms with Crippen molar-refractivity contribution in [1.29, 1.82) is 0 Å². The fraction of sp³-hybridized carbons (Fsp3) is 0.462. The monoisotopic (exact) mass is 283 g/mol. The van der Waals surface area contributed by atoms with Crippen molar-refractivity contribution in [3.63, 3.8) is 0 Å². The molecule has 0 saturated carbocycles. The van der Waals surface area contributed by atoms with Crippen LogP contribution in [0.4, 0.5) is 0 Å². The number of aliphatic hydroxyl groups is 1. The molecule has 1 aliphatic heterocycles. The van der Waals surface area contributed by atoms with Gasteiger partial charge in [0.2, 0.25) is 0 Å². The van der Waals surface area contributed by atoms with Crippen molar-refractivity contribution in [2.24, 2.45) is 10.9 Å². The Morgan fingerprint density at radius 1 is 1.38 bits per heavy atom. The first-order valence-electron chi connectivity index (χ1n) is 5.66. The predicted octanol–water partition coefficient (Wildman–Crippen LogP) is 2.22. The van der Waals surface area contributed by atoms with Crippen LogP contribution in [0.2, 0.25) is 5.32 Å². The number of aliphatic imine (C=N–C) groups is 1. The third-order valence-corrected chi connectivity index (χ3v) is 5.47. The number of benzene rings is 1. The van der Waals surface area contributed by atoms with Gasteiger partial charge in [-0.1, -0.05) is 0 Å². The molecule has 0 bridgehead atoms. The number of hydrogen-bond donors (Lipinski definition) is 1. The second-order valence-corrected chi connectivity index (χ2v) is 6.31. The Labute approximate surface area is 103 Å². The molecular weight excluding hydrogens is 265 g/mol. The molecule has 1 N–H and O–H groups in total. The summed E-state index contributed by atoms with van der Waals surface area (Å²) in [5, 5.41) is 11.0. The Kier molecular flexibility index (Phi) is 3.80. The average Bonchev–Trinajstić information content (AvgIpc) is 2.30. The molecule has 0 spiro atoms. The molecule has 1 aromatic rings. The first kappa shape index (κ1) is 11.8. The van der Waals surface area contributed by atoms with E-state index in [1.165, 1.54) is 11.1 Å². The summed E-state index contributed by atoms with van der Waals surface area (Å²) < 4.78 is 1.12. The van der Waals surface area contributed by atoms with Gasteiger partial charge in [-0.3, -0.25) is 0 Å². The molecule has 0 fully saturated rings. The zero-order valence-electron chi connectivity index (χ0n) is 9.68. The molecule has 2 rings (SSSR count). The summed E-state index contributed by atoms with van der Waals surface area (Å²) in [4.78, 5) is 4.43. The van der Waals surface area contributed by atoms with Gasteiger partial charge >= 0.3 is 103 Å². The molecule has 3 heteroatoms. The van der Waals surface area contributed by atoms with Crippen LogP contribution in [-0.2, 0) is 0 Å². The van der Waals surface area contributed by atoms with E-state index in [1.807, 2.05) is 0 Å². The molecule has 2 atom stereocenters. The first-order valence-corrected chi connectivity index (χ1v) is 7.73. The third kappa shape index (κ3) is 2.54. The van der Waals surface area contributed by atoms with Crippen molar-refractivity contribution in [1.82, 2.24) is 0 Å². The predicted molar refractivity (Wildman–Crippen MR) is 68.1 cm³/mol. The van der Waals surface area contributed by atoms with Crippen LogP contribution in [0.15, 0.2) is 29.3 Å². The Balaban J connectivity index is 2.20. The molecular formula is C13H17NOSe. The third-order valence-electron chi connectivity index (χ3n) is 2.93. The summed E-state index contributed by atoms with van der Waals surface area (Å²) in [7, 11) is 0. The van der Waals surface area contributed by atoms with Gasteiger partial charge in [-0.05, 0) is 0 Å². The van der Waals surface area contributed by atoms with E-state index in [-0.39, 0.29) is 0 Å². The van der Waals surface area contributed by atoms with Gasteiger partial charge in [-0.25, -0.2) is 0 Å². The van der Waals surface area contributed by atoms with E-state index in [0.717, 1.165) is 16.4 Å². The van der Waals surface area contributed by atoms with Crippen LogP contribution in [0.25, 0.3) is 0 Å². The van der Waals surface area contributed by atoms with Crippen LogP contribution < -0.4 is 0 Å². The minimum atomic E-state index is -0.489. The number of hydrogen-bond acceptors (Lipinski definition) is 2. The van der Waals surface area contributed by atoms with Gasteiger partial charge in [0.1, 0.15) is 0 Å². The van der Waals surface area contributed by atoms with Gasteiger partial charge < -0.3 is 0 Å². The van der Waals surface area contributed by atoms with Crippen LogP contribution in [0, 0.1) is 12.8 Å². The van der Waals surface area contributed by atoms with E-state index < -0.39 is 6.23 Å². The molecule has 1 aromatic carbocycles. The van der Waals surface area contributed by atoms with Gasteiger partial charge in [0.25, 0.3) is 0 Å². The van der Waals surface area contributed by atoms with E-state index in [1.54, 1.807) is 0 Å². The minimum absolute atomic E-state index is 0.370. The van der Waals surface area contributed by atoms with Crippen LogP contribution in [0.3, 0.4) is 0 Å². The summed E-state index contributed by atoms with van der Waals surface area (Å²) >= 11 is 0.412. The molecule has 1 heterocycles. The van der Waals surface area contributed by atoms with E-state index in [0.29, 0.717) is 20.9 Å². The van der Waals surface area contributed by atoms with Crippen LogP contribution in [0.1, 0.15) is 24.5 Å². The second kappa shape index (κ2) is 5.13. The van der Waals surface area contributed by atoms with Gasteiger partial charge in [-0.2, -0.15) is 0 Å². The van der Waals surface area contributed by atoms with Gasteiger partial charge in [0, 0.05) is 0 Å². The second-order valence-electron chi connectivity index (χ2n) is 4.19. The first-order chi connectivity index (χ1) is 7.70. The summed E-state index contributed by atoms with van der Waals surface area (Å²) in [6.07, 6.45) is 0.532. The SMILES string of the molecule is CCC1C[Se]C(c2ccc(C)cc2)=NC1O. The van der Waals surface area contributed by atoms with Crippen molar-refractivity contribution in [2.45, 2.75) is 31.8 Å². The van der Waals surface area contributed by atoms with Crippen molar-refractivity contribution >= 4 is 19.6 Å². The molecule has 0 aromatic heterocycles. The van der Waals surface area contributed by atoms with Crippen molar-refractivity contribution in [3.05, 3.63) is 35.4 Å². The van der Waals surface area contributed by atoms with Gasteiger partial charge in [-0.15, -0.1) is 0 Å². The fourth-order valence-electron chi connectivity index (χ4n) is 1.72. The summed E-state index contributed by atoms with van der Waals surface area (Å²) in [5.74, 6) is 0.370. The molecule has 86 valence electrons. The average molecular weight is 282 g/mol. The molecule has 1 aliphatic rings. The van der Waals surface area contributed by atoms with Crippen molar-refractivity contribution < 1.29 is 5.11 Å². The quantitative estimate of drug-likeness (QED) is 0.829. The summed E-state index contributed by atoms with van der Waals surface area (Å²) in [6, 6.07) is 8.42. The number of aryl methyl sites for hydroxylation is 1. The van der Waals surface area contributed by atoms with Crippen LogP contribution in [-0.4, -0.2) is 30.9 Å². The van der Waals surface area contributed by atoms with Crippen LogP contribution >= 0.6 is 0 Å². The zero-order chi connectivity index (χ0) is 11.5. The topological polar surface area (TPSA) is 32.6 Å². The molecule has 2 unspecified atom stereocenters. The number of aliphatic hydroxyl groups excluding tert-OH is 1. The molecule has 0 aliphatic carbocycles. The molecule has 2 nitrogen and oxygen atoms in total. The summed E-state index contributed by atoms with van der Waals surface area (Å²) in [5.41, 5.74) is 2.44. The Bertz CT molecular complexity index is 385. The molecule has 16 heavy (non-hydrogen) atoms. The molecule has 0 saturated heterocycles. The Morgan fingerprint density at radius 2 is 2.06 bits per heavy atom. The van der Waals surface area contributed by atoms with E-state index in [9.17, 15) is 5.11 Å². The van der Waals surface area contributed by atoms with Crippen LogP contribution in [0.5, 0.6) is 0 Å². The van der Waals surface area contributed by atoms with E-state index >= 15 is 0 Å². The Hall–Kier alpha value is -0.631. The molecule has 0 amide bonds. The number of rotatable bonds is 2. The maximum atomic E-state index is 9.88. The van der Waals surface area contributed by atoms with Crippen molar-refractivity contribution in [3.8, 4) is 0 Å². The number of nitrogens with zero attached hydrogens (tertiary/aromatic N) is 1.